The fourth-order valence-electron chi connectivity index (χ4n) is 3.93. The summed E-state index contributed by atoms with van der Waals surface area (Å²) >= 11 is 0. The average molecular weight is 418 g/mol. The number of nitrogens with one attached hydrogen (secondary N) is 1. The van der Waals surface area contributed by atoms with Crippen LogP contribution in [0.4, 0.5) is 0 Å². The molecule has 31 heavy (non-hydrogen) atoms. The van der Waals surface area contributed by atoms with Gasteiger partial charge in [0.15, 0.2) is 0 Å². The largest absolute Gasteiger partial charge is 0.477 e. The first-order valence-corrected chi connectivity index (χ1v) is 10.2. The third-order valence-electron chi connectivity index (χ3n) is 5.36. The first kappa shape index (κ1) is 22.0. The molecule has 6 heteroatoms. The van der Waals surface area contributed by atoms with Crippen molar-refractivity contribution in [2.24, 2.45) is 0 Å². The maximum absolute atomic E-state index is 11.6. The normalized spacial score (nSPS) is 10.7. The molecule has 0 spiro atoms. The number of H-pyrrole nitrogens is 1. The van der Waals surface area contributed by atoms with E-state index in [9.17, 15) is 19.8 Å². The van der Waals surface area contributed by atoms with Gasteiger partial charge >= 0.3 is 11.9 Å². The van der Waals surface area contributed by atoms with Gasteiger partial charge < -0.3 is 15.2 Å². The molecular weight excluding hydrogens is 392 g/mol. The fraction of sp³-hybridized carbons (Fsp3) is 0.240. The molecule has 3 rings (SSSR count). The topological polar surface area (TPSA) is 103 Å². The molecule has 0 radical (unpaired) electrons. The molecule has 1 aromatic carbocycles. The number of aliphatic carboxylic acids is 2. The number of hydrogen-bond acceptors (Lipinski definition) is 3. The Balaban J connectivity index is 2.11. The molecule has 0 aliphatic carbocycles. The van der Waals surface area contributed by atoms with Crippen LogP contribution in [-0.4, -0.2) is 32.1 Å². The van der Waals surface area contributed by atoms with Gasteiger partial charge in [-0.3, -0.25) is 0 Å². The van der Waals surface area contributed by atoms with Gasteiger partial charge in [0.2, 0.25) is 0 Å². The minimum atomic E-state index is -1.43. The van der Waals surface area contributed by atoms with Crippen molar-refractivity contribution in [3.05, 3.63) is 70.6 Å². The van der Waals surface area contributed by atoms with Crippen LogP contribution in [0.25, 0.3) is 28.1 Å². The Morgan fingerprint density at radius 1 is 0.968 bits per heavy atom. The lowest BCUT2D eigenvalue weighted by atomic mass is 9.90. The van der Waals surface area contributed by atoms with E-state index < -0.39 is 17.5 Å². The first-order valence-electron chi connectivity index (χ1n) is 10.2. The van der Waals surface area contributed by atoms with Crippen molar-refractivity contribution in [3.8, 4) is 22.5 Å². The molecule has 0 fully saturated rings. The van der Waals surface area contributed by atoms with Gasteiger partial charge in [0.05, 0.1) is 11.4 Å². The lowest BCUT2D eigenvalue weighted by Crippen LogP contribution is -2.14. The number of allylic oxidation sites excluding steroid dienone is 1. The van der Waals surface area contributed by atoms with Crippen LogP contribution in [0.5, 0.6) is 0 Å². The summed E-state index contributed by atoms with van der Waals surface area (Å²) in [5.41, 5.74) is 7.03. The van der Waals surface area contributed by atoms with E-state index in [4.69, 9.17) is 4.98 Å². The number of pyridine rings is 1. The van der Waals surface area contributed by atoms with E-state index in [1.165, 1.54) is 0 Å². The summed E-state index contributed by atoms with van der Waals surface area (Å²) in [4.78, 5) is 31.2. The lowest BCUT2D eigenvalue weighted by molar-refractivity contribution is -0.140. The van der Waals surface area contributed by atoms with Crippen molar-refractivity contribution in [2.45, 2.75) is 40.5 Å². The van der Waals surface area contributed by atoms with Gasteiger partial charge in [-0.15, -0.1) is 0 Å². The monoisotopic (exact) mass is 418 g/mol. The molecule has 0 amide bonds. The molecule has 0 aliphatic heterocycles. The predicted octanol–water partition coefficient (Wildman–Crippen LogP) is 5.26. The summed E-state index contributed by atoms with van der Waals surface area (Å²) in [5, 5.41) is 18.8. The maximum Gasteiger partial charge on any atom is 0.343 e. The third-order valence-corrected chi connectivity index (χ3v) is 5.36. The van der Waals surface area contributed by atoms with E-state index in [0.29, 0.717) is 24.0 Å². The smallest absolute Gasteiger partial charge is 0.343 e. The quantitative estimate of drug-likeness (QED) is 0.276. The Kier molecular flexibility index (Phi) is 6.39. The van der Waals surface area contributed by atoms with E-state index >= 15 is 0 Å². The highest BCUT2D eigenvalue weighted by atomic mass is 16.4. The highest BCUT2D eigenvalue weighted by Gasteiger charge is 2.23. The highest BCUT2D eigenvalue weighted by Crippen LogP contribution is 2.31. The zero-order valence-corrected chi connectivity index (χ0v) is 18.1. The summed E-state index contributed by atoms with van der Waals surface area (Å²) in [7, 11) is 0. The van der Waals surface area contributed by atoms with Gasteiger partial charge in [0.25, 0.3) is 0 Å². The second-order valence-corrected chi connectivity index (χ2v) is 7.44. The molecule has 0 saturated heterocycles. The molecule has 0 atom stereocenters. The number of hydrogen-bond donors (Lipinski definition) is 3. The molecule has 0 unspecified atom stereocenters. The summed E-state index contributed by atoms with van der Waals surface area (Å²) in [5.74, 6) is -2.86. The molecule has 0 saturated carbocycles. The van der Waals surface area contributed by atoms with Crippen LogP contribution in [0.3, 0.4) is 0 Å². The molecular formula is C25H26N2O4. The maximum atomic E-state index is 11.6. The standard InChI is InChI=1S/C25H26N2O4/c1-5-16-13-17(10-11-19(16)18(6-2)23(24(28)29)25(30)31)21-8-7-9-22(27-21)20-12-14(3)26-15(20)4/h7-13,26H,5-6H2,1-4H3,(H,28,29)(H,30,31). The van der Waals surface area contributed by atoms with Crippen molar-refractivity contribution in [1.29, 1.82) is 0 Å². The highest BCUT2D eigenvalue weighted by molar-refractivity contribution is 6.18. The van der Waals surface area contributed by atoms with E-state index in [0.717, 1.165) is 39.5 Å². The van der Waals surface area contributed by atoms with E-state index in [2.05, 4.69) is 11.1 Å². The van der Waals surface area contributed by atoms with Crippen molar-refractivity contribution in [1.82, 2.24) is 9.97 Å². The Bertz CT molecular complexity index is 1170. The third kappa shape index (κ3) is 4.43. The summed E-state index contributed by atoms with van der Waals surface area (Å²) < 4.78 is 0. The Morgan fingerprint density at radius 2 is 1.65 bits per heavy atom. The lowest BCUT2D eigenvalue weighted by Gasteiger charge is -2.15. The van der Waals surface area contributed by atoms with Gasteiger partial charge in [0.1, 0.15) is 5.57 Å². The number of carboxylic acid groups (broad SMARTS) is 2. The van der Waals surface area contributed by atoms with Crippen LogP contribution in [-0.2, 0) is 16.0 Å². The summed E-state index contributed by atoms with van der Waals surface area (Å²) in [6.45, 7) is 7.75. The number of carbonyl (C=O) groups is 2. The van der Waals surface area contributed by atoms with E-state index in [-0.39, 0.29) is 0 Å². The molecule has 2 aromatic heterocycles. The van der Waals surface area contributed by atoms with Crippen molar-refractivity contribution >= 4 is 17.5 Å². The van der Waals surface area contributed by atoms with Gasteiger partial charge in [-0.2, -0.15) is 0 Å². The molecule has 6 nitrogen and oxygen atoms in total. The SMILES string of the molecule is CCC(=C(C(=O)O)C(=O)O)c1ccc(-c2cccc(-c3cc(C)[nH]c3C)n2)cc1CC. The zero-order chi connectivity index (χ0) is 22.7. The number of aryl methyl sites for hydroxylation is 3. The van der Waals surface area contributed by atoms with Gasteiger partial charge in [-0.1, -0.05) is 32.0 Å². The van der Waals surface area contributed by atoms with E-state index in [1.807, 2.05) is 51.1 Å². The van der Waals surface area contributed by atoms with Gasteiger partial charge in [-0.05, 0) is 67.7 Å². The number of nitrogens with zero attached hydrogens (tertiary/aromatic N) is 1. The number of benzene rings is 1. The van der Waals surface area contributed by atoms with Crippen molar-refractivity contribution in [3.63, 3.8) is 0 Å². The van der Waals surface area contributed by atoms with Gasteiger partial charge in [0, 0.05) is 22.5 Å². The number of aromatic amines is 1. The van der Waals surface area contributed by atoms with Crippen LogP contribution in [0.2, 0.25) is 0 Å². The molecule has 0 aliphatic rings. The summed E-state index contributed by atoms with van der Waals surface area (Å²) in [6.07, 6.45) is 0.940. The van der Waals surface area contributed by atoms with Crippen molar-refractivity contribution in [2.75, 3.05) is 0 Å². The van der Waals surface area contributed by atoms with Gasteiger partial charge in [-0.25, -0.2) is 14.6 Å². The number of carboxylic acids is 2. The fourth-order valence-corrected chi connectivity index (χ4v) is 3.93. The second-order valence-electron chi connectivity index (χ2n) is 7.44. The molecule has 2 heterocycles. The van der Waals surface area contributed by atoms with E-state index in [1.54, 1.807) is 13.0 Å². The Morgan fingerprint density at radius 3 is 2.19 bits per heavy atom. The molecule has 3 N–H and O–H groups in total. The van der Waals surface area contributed by atoms with Crippen LogP contribution in [0, 0.1) is 13.8 Å². The average Bonchev–Trinajstić information content (AvgIpc) is 3.09. The van der Waals surface area contributed by atoms with Crippen molar-refractivity contribution < 1.29 is 19.8 Å². The predicted molar refractivity (Wildman–Crippen MR) is 121 cm³/mol. The zero-order valence-electron chi connectivity index (χ0n) is 18.1. The second kappa shape index (κ2) is 9.00. The summed E-state index contributed by atoms with van der Waals surface area (Å²) in [6, 6.07) is 13.6. The van der Waals surface area contributed by atoms with Crippen LogP contribution in [0.1, 0.15) is 42.8 Å². The minimum Gasteiger partial charge on any atom is -0.477 e. The first-order chi connectivity index (χ1) is 14.8. The molecule has 3 aromatic rings. The molecule has 160 valence electrons. The number of rotatable bonds is 7. The molecule has 0 bridgehead atoms. The van der Waals surface area contributed by atoms with Crippen LogP contribution >= 0.6 is 0 Å². The Hall–Kier alpha value is -3.67. The Labute approximate surface area is 181 Å². The minimum absolute atomic E-state index is 0.306. The van der Waals surface area contributed by atoms with Crippen LogP contribution in [0.15, 0.2) is 48.0 Å². The van der Waals surface area contributed by atoms with Crippen LogP contribution < -0.4 is 0 Å². The number of aromatic nitrogens is 2.